The molecule has 3 N–H and O–H groups in total. The van der Waals surface area contributed by atoms with Crippen molar-refractivity contribution in [1.29, 1.82) is 0 Å². The van der Waals surface area contributed by atoms with Crippen molar-refractivity contribution in [1.82, 2.24) is 0 Å². The number of nitrogens with two attached hydrogens (primary N) is 1. The second-order valence-corrected chi connectivity index (χ2v) is 8.96. The van der Waals surface area contributed by atoms with Crippen molar-refractivity contribution in [2.75, 3.05) is 6.61 Å². The molecule has 3 heteroatoms. The third-order valence-electron chi connectivity index (χ3n) is 1.55. The van der Waals surface area contributed by atoms with E-state index in [-0.39, 0.29) is 12.3 Å². The van der Waals surface area contributed by atoms with E-state index >= 15 is 0 Å². The molecule has 0 rings (SSSR count). The lowest BCUT2D eigenvalue weighted by atomic mass is 10.5. The van der Waals surface area contributed by atoms with Gasteiger partial charge in [0.15, 0.2) is 0 Å². The summed E-state index contributed by atoms with van der Waals surface area (Å²) in [5.74, 6) is 0. The van der Waals surface area contributed by atoms with E-state index in [1.54, 1.807) is 0 Å². The van der Waals surface area contributed by atoms with Crippen LogP contribution < -0.4 is 5.73 Å². The van der Waals surface area contributed by atoms with Crippen LogP contribution in [0.2, 0.25) is 19.6 Å². The molecule has 0 saturated heterocycles. The molecule has 0 amide bonds. The van der Waals surface area contributed by atoms with E-state index in [9.17, 15) is 0 Å². The second-order valence-electron chi connectivity index (χ2n) is 3.48. The highest BCUT2D eigenvalue weighted by molar-refractivity contribution is 6.77. The number of aliphatic hydroxyl groups excluding tert-OH is 1. The second kappa shape index (κ2) is 3.34. The summed E-state index contributed by atoms with van der Waals surface area (Å²) in [6, 6.07) is 0. The van der Waals surface area contributed by atoms with Crippen molar-refractivity contribution in [3.05, 3.63) is 0 Å². The summed E-state index contributed by atoms with van der Waals surface area (Å²) >= 11 is 0. The fourth-order valence-corrected chi connectivity index (χ4v) is 1.57. The fraction of sp³-hybridized carbons (Fsp3) is 1.00. The van der Waals surface area contributed by atoms with Crippen molar-refractivity contribution in [3.63, 3.8) is 0 Å². The van der Waals surface area contributed by atoms with Crippen LogP contribution in [0.25, 0.3) is 0 Å². The average Bonchev–Trinajstić information content (AvgIpc) is 1.64. The lowest BCUT2D eigenvalue weighted by Gasteiger charge is -2.23. The van der Waals surface area contributed by atoms with E-state index in [2.05, 4.69) is 19.6 Å². The molecular formula is C6H17NOSi. The van der Waals surface area contributed by atoms with Crippen LogP contribution in [0.3, 0.4) is 0 Å². The van der Waals surface area contributed by atoms with Crippen LogP contribution in [-0.2, 0) is 0 Å². The van der Waals surface area contributed by atoms with Gasteiger partial charge in [-0.25, -0.2) is 0 Å². The van der Waals surface area contributed by atoms with Gasteiger partial charge in [-0.15, -0.1) is 0 Å². The molecule has 0 heterocycles. The molecule has 56 valence electrons. The van der Waals surface area contributed by atoms with Gasteiger partial charge in [-0.1, -0.05) is 19.6 Å². The van der Waals surface area contributed by atoms with Crippen LogP contribution >= 0.6 is 0 Å². The van der Waals surface area contributed by atoms with Gasteiger partial charge < -0.3 is 10.8 Å². The van der Waals surface area contributed by atoms with Crippen LogP contribution in [0.1, 0.15) is 6.42 Å². The smallest absolute Gasteiger partial charge is 0.0633 e. The number of hydrogen-bond acceptors (Lipinski definition) is 2. The zero-order chi connectivity index (χ0) is 7.49. The van der Waals surface area contributed by atoms with Gasteiger partial charge in [0, 0.05) is 6.61 Å². The molecule has 0 aliphatic heterocycles. The van der Waals surface area contributed by atoms with E-state index in [1.165, 1.54) is 0 Å². The van der Waals surface area contributed by atoms with Gasteiger partial charge in [0.05, 0.1) is 8.07 Å². The van der Waals surface area contributed by atoms with Crippen LogP contribution in [0.5, 0.6) is 0 Å². The molecular weight excluding hydrogens is 130 g/mol. The summed E-state index contributed by atoms with van der Waals surface area (Å²) in [7, 11) is -1.16. The van der Waals surface area contributed by atoms with Gasteiger partial charge in [-0.3, -0.25) is 0 Å². The normalized spacial score (nSPS) is 15.7. The van der Waals surface area contributed by atoms with Gasteiger partial charge in [-0.05, 0) is 12.1 Å². The molecule has 0 aliphatic rings. The maximum Gasteiger partial charge on any atom is 0.0633 e. The largest absolute Gasteiger partial charge is 0.396 e. The van der Waals surface area contributed by atoms with E-state index < -0.39 is 8.07 Å². The van der Waals surface area contributed by atoms with Crippen molar-refractivity contribution in [2.45, 2.75) is 31.7 Å². The molecule has 0 aliphatic carbocycles. The first kappa shape index (κ1) is 9.14. The molecule has 0 spiro atoms. The Morgan fingerprint density at radius 2 is 1.89 bits per heavy atom. The quantitative estimate of drug-likeness (QED) is 0.573. The Bertz CT molecular complexity index is 79.6. The van der Waals surface area contributed by atoms with Gasteiger partial charge in [0.2, 0.25) is 0 Å². The SMILES string of the molecule is C[Si](C)(C)C(N)CCO. The minimum Gasteiger partial charge on any atom is -0.396 e. The van der Waals surface area contributed by atoms with Crippen molar-refractivity contribution in [2.24, 2.45) is 5.73 Å². The first-order valence-electron chi connectivity index (χ1n) is 3.35. The standard InChI is InChI=1S/C6H17NOSi/c1-9(2,3)6(7)4-5-8/h6,8H,4-5,7H2,1-3H3. The molecule has 0 bridgehead atoms. The minimum atomic E-state index is -1.16. The third-order valence-corrected chi connectivity index (χ3v) is 4.07. The van der Waals surface area contributed by atoms with Crippen molar-refractivity contribution < 1.29 is 5.11 Å². The van der Waals surface area contributed by atoms with Gasteiger partial charge in [-0.2, -0.15) is 0 Å². The summed E-state index contributed by atoms with van der Waals surface area (Å²) in [5.41, 5.74) is 6.02. The van der Waals surface area contributed by atoms with Crippen molar-refractivity contribution in [3.8, 4) is 0 Å². The van der Waals surface area contributed by atoms with Gasteiger partial charge >= 0.3 is 0 Å². The fourth-order valence-electron chi connectivity index (χ4n) is 0.572. The lowest BCUT2D eigenvalue weighted by molar-refractivity contribution is 0.285. The monoisotopic (exact) mass is 147 g/mol. The summed E-state index contributed by atoms with van der Waals surface area (Å²) in [6.45, 7) is 6.87. The maximum absolute atomic E-state index is 8.54. The van der Waals surface area contributed by atoms with E-state index in [1.807, 2.05) is 0 Å². The van der Waals surface area contributed by atoms with E-state index in [4.69, 9.17) is 10.8 Å². The zero-order valence-corrected chi connectivity index (χ0v) is 7.52. The Labute approximate surface area is 58.1 Å². The molecule has 0 radical (unpaired) electrons. The summed E-state index contributed by atoms with van der Waals surface area (Å²) < 4.78 is 0. The summed E-state index contributed by atoms with van der Waals surface area (Å²) in [6.07, 6.45) is 0.760. The van der Waals surface area contributed by atoms with Crippen molar-refractivity contribution >= 4 is 8.07 Å². The molecule has 0 saturated carbocycles. The maximum atomic E-state index is 8.54. The molecule has 1 unspecified atom stereocenters. The Balaban J connectivity index is 3.59. The van der Waals surface area contributed by atoms with Crippen LogP contribution in [0, 0.1) is 0 Å². The Morgan fingerprint density at radius 1 is 1.44 bits per heavy atom. The zero-order valence-electron chi connectivity index (χ0n) is 6.52. The Morgan fingerprint density at radius 3 is 2.00 bits per heavy atom. The molecule has 2 nitrogen and oxygen atoms in total. The van der Waals surface area contributed by atoms with Crippen LogP contribution in [0.15, 0.2) is 0 Å². The van der Waals surface area contributed by atoms with Crippen LogP contribution in [0.4, 0.5) is 0 Å². The third kappa shape index (κ3) is 3.67. The Kier molecular flexibility index (Phi) is 3.39. The highest BCUT2D eigenvalue weighted by atomic mass is 28.3. The average molecular weight is 147 g/mol. The molecule has 0 fully saturated rings. The van der Waals surface area contributed by atoms with Gasteiger partial charge in [0.25, 0.3) is 0 Å². The first-order chi connectivity index (χ1) is 3.98. The molecule has 0 aromatic carbocycles. The van der Waals surface area contributed by atoms with E-state index in [0.717, 1.165) is 6.42 Å². The molecule has 0 aromatic rings. The topological polar surface area (TPSA) is 46.2 Å². The highest BCUT2D eigenvalue weighted by Crippen LogP contribution is 2.07. The lowest BCUT2D eigenvalue weighted by Crippen LogP contribution is -2.45. The predicted octanol–water partition coefficient (Wildman–Crippen LogP) is 0.574. The number of aliphatic hydroxyl groups is 1. The molecule has 9 heavy (non-hydrogen) atoms. The predicted molar refractivity (Wildman–Crippen MR) is 43.0 cm³/mol. The number of hydrogen-bond donors (Lipinski definition) is 2. The summed E-state index contributed by atoms with van der Waals surface area (Å²) in [5, 5.41) is 8.54. The molecule has 1 atom stereocenters. The Hall–Kier alpha value is 0.137. The van der Waals surface area contributed by atoms with Gasteiger partial charge in [0.1, 0.15) is 0 Å². The van der Waals surface area contributed by atoms with Crippen LogP contribution in [-0.4, -0.2) is 25.5 Å². The highest BCUT2D eigenvalue weighted by Gasteiger charge is 2.21. The minimum absolute atomic E-state index is 0.228. The first-order valence-corrected chi connectivity index (χ1v) is 6.92. The van der Waals surface area contributed by atoms with E-state index in [0.29, 0.717) is 0 Å². The summed E-state index contributed by atoms with van der Waals surface area (Å²) in [4.78, 5) is 0. The number of rotatable bonds is 3. The molecule has 0 aromatic heterocycles.